The average molecular weight is 278 g/mol. The van der Waals surface area contributed by atoms with Crippen LogP contribution in [-0.2, 0) is 14.3 Å². The molecule has 0 aliphatic rings. The van der Waals surface area contributed by atoms with E-state index in [0.717, 1.165) is 0 Å². The van der Waals surface area contributed by atoms with Crippen molar-refractivity contribution in [2.75, 3.05) is 6.61 Å². The lowest BCUT2D eigenvalue weighted by atomic mass is 9.92. The molecule has 0 bridgehead atoms. The molecule has 0 amide bonds. The lowest BCUT2D eigenvalue weighted by molar-refractivity contribution is -0.146. The van der Waals surface area contributed by atoms with E-state index in [-0.39, 0.29) is 31.0 Å². The Morgan fingerprint density at radius 3 is 2.30 bits per heavy atom. The first kappa shape index (κ1) is 15.9. The van der Waals surface area contributed by atoms with Gasteiger partial charge in [0.05, 0.1) is 6.61 Å². The quantitative estimate of drug-likeness (QED) is 0.469. The highest BCUT2D eigenvalue weighted by Crippen LogP contribution is 2.18. The van der Waals surface area contributed by atoms with Gasteiger partial charge in [-0.3, -0.25) is 9.59 Å². The maximum Gasteiger partial charge on any atom is 0.316 e. The van der Waals surface area contributed by atoms with Gasteiger partial charge in [0.25, 0.3) is 0 Å². The Labute approximate surface area is 117 Å². The summed E-state index contributed by atoms with van der Waals surface area (Å²) in [6.45, 7) is 3.25. The molecule has 0 saturated carbocycles. The Balaban J connectivity index is 2.90. The predicted octanol–water partition coefficient (Wildman–Crippen LogP) is 2.12. The maximum atomic E-state index is 12.3. The molecule has 0 radical (unpaired) electrons. The van der Waals surface area contributed by atoms with Crippen LogP contribution in [0.15, 0.2) is 24.3 Å². The summed E-state index contributed by atoms with van der Waals surface area (Å²) in [5, 5.41) is 9.20. The highest BCUT2D eigenvalue weighted by atomic mass is 16.5. The van der Waals surface area contributed by atoms with Gasteiger partial charge in [-0.05, 0) is 44.5 Å². The Kier molecular flexibility index (Phi) is 5.90. The first-order valence-electron chi connectivity index (χ1n) is 6.45. The van der Waals surface area contributed by atoms with Crippen LogP contribution in [0.2, 0.25) is 0 Å². The summed E-state index contributed by atoms with van der Waals surface area (Å²) in [5.74, 6) is -2.05. The van der Waals surface area contributed by atoms with Crippen LogP contribution in [0.1, 0.15) is 37.0 Å². The lowest BCUT2D eigenvalue weighted by Crippen LogP contribution is -2.27. The molecule has 0 heterocycles. The topological polar surface area (TPSA) is 80.7 Å². The Hall–Kier alpha value is -2.17. The molecule has 0 fully saturated rings. The summed E-state index contributed by atoms with van der Waals surface area (Å²) in [4.78, 5) is 35.2. The van der Waals surface area contributed by atoms with Gasteiger partial charge in [-0.15, -0.1) is 0 Å². The lowest BCUT2D eigenvalue weighted by Gasteiger charge is -2.14. The number of carbonyl (C=O) groups is 3. The van der Waals surface area contributed by atoms with Gasteiger partial charge in [-0.1, -0.05) is 0 Å². The van der Waals surface area contributed by atoms with Gasteiger partial charge in [0.15, 0.2) is 5.78 Å². The zero-order valence-electron chi connectivity index (χ0n) is 11.6. The third kappa shape index (κ3) is 4.50. The zero-order valence-corrected chi connectivity index (χ0v) is 11.6. The fraction of sp³-hybridized carbons (Fsp3) is 0.400. The first-order valence-corrected chi connectivity index (χ1v) is 6.45. The van der Waals surface area contributed by atoms with Crippen LogP contribution >= 0.6 is 0 Å². The summed E-state index contributed by atoms with van der Waals surface area (Å²) in [7, 11) is 0. The molecule has 20 heavy (non-hydrogen) atoms. The predicted molar refractivity (Wildman–Crippen MR) is 72.5 cm³/mol. The summed E-state index contributed by atoms with van der Waals surface area (Å²) in [5.41, 5.74) is 0.310. The number of ether oxygens (including phenoxy) is 1. The Morgan fingerprint density at radius 2 is 1.80 bits per heavy atom. The number of hydrogen-bond acceptors (Lipinski definition) is 5. The van der Waals surface area contributed by atoms with Crippen LogP contribution in [0.5, 0.6) is 5.75 Å². The molecule has 1 rings (SSSR count). The minimum atomic E-state index is -0.983. The highest BCUT2D eigenvalue weighted by Gasteiger charge is 2.28. The van der Waals surface area contributed by atoms with Gasteiger partial charge < -0.3 is 14.6 Å². The Bertz CT molecular complexity index is 489. The van der Waals surface area contributed by atoms with Crippen LogP contribution in [0.3, 0.4) is 0 Å². The van der Waals surface area contributed by atoms with E-state index in [2.05, 4.69) is 0 Å². The van der Waals surface area contributed by atoms with E-state index in [1.165, 1.54) is 31.2 Å². The number of ketones is 2. The van der Waals surface area contributed by atoms with E-state index in [9.17, 15) is 19.5 Å². The molecule has 1 aromatic carbocycles. The van der Waals surface area contributed by atoms with Gasteiger partial charge in [-0.25, -0.2) is 0 Å². The highest BCUT2D eigenvalue weighted by molar-refractivity contribution is 6.08. The number of Topliss-reactive ketones (excluding diaryl/α,β-unsaturated/α-hetero) is 2. The molecule has 1 aromatic rings. The standard InChI is InChI=1S/C15H18O5/c1-3-20-15(19)13(9-4-10(2)16)14(18)11-5-7-12(17)8-6-11/h5-8,13,17H,3-4,9H2,1-2H3. The molecular weight excluding hydrogens is 260 g/mol. The third-order valence-corrected chi connectivity index (χ3v) is 2.82. The number of rotatable bonds is 7. The van der Waals surface area contributed by atoms with Crippen molar-refractivity contribution >= 4 is 17.5 Å². The molecule has 0 aliphatic carbocycles. The molecule has 1 unspecified atom stereocenters. The minimum absolute atomic E-state index is 0.0398. The molecular formula is C15H18O5. The normalized spacial score (nSPS) is 11.7. The molecule has 0 saturated heterocycles. The van der Waals surface area contributed by atoms with Crippen molar-refractivity contribution in [1.29, 1.82) is 0 Å². The number of esters is 1. The molecule has 1 atom stereocenters. The first-order chi connectivity index (χ1) is 9.45. The summed E-state index contributed by atoms with van der Waals surface area (Å²) >= 11 is 0. The van der Waals surface area contributed by atoms with Crippen LogP contribution < -0.4 is 0 Å². The zero-order chi connectivity index (χ0) is 15.1. The van der Waals surface area contributed by atoms with E-state index in [4.69, 9.17) is 4.74 Å². The van der Waals surface area contributed by atoms with Crippen molar-refractivity contribution in [2.45, 2.75) is 26.7 Å². The summed E-state index contributed by atoms with van der Waals surface area (Å²) in [6, 6.07) is 5.64. The van der Waals surface area contributed by atoms with Crippen LogP contribution in [0.4, 0.5) is 0 Å². The molecule has 0 aromatic heterocycles. The van der Waals surface area contributed by atoms with Crippen LogP contribution in [0, 0.1) is 5.92 Å². The largest absolute Gasteiger partial charge is 0.508 e. The van der Waals surface area contributed by atoms with Gasteiger partial charge in [0, 0.05) is 12.0 Å². The van der Waals surface area contributed by atoms with Crippen LogP contribution in [-0.4, -0.2) is 29.2 Å². The molecule has 108 valence electrons. The number of aromatic hydroxyl groups is 1. The van der Waals surface area contributed by atoms with Crippen molar-refractivity contribution in [3.63, 3.8) is 0 Å². The van der Waals surface area contributed by atoms with Crippen molar-refractivity contribution in [3.8, 4) is 5.75 Å². The fourth-order valence-electron chi connectivity index (χ4n) is 1.77. The van der Waals surface area contributed by atoms with E-state index >= 15 is 0 Å². The maximum absolute atomic E-state index is 12.3. The number of hydrogen-bond donors (Lipinski definition) is 1. The second-order valence-electron chi connectivity index (χ2n) is 4.46. The average Bonchev–Trinajstić information content (AvgIpc) is 2.39. The number of phenols is 1. The number of benzene rings is 1. The monoisotopic (exact) mass is 278 g/mol. The van der Waals surface area contributed by atoms with E-state index in [1.807, 2.05) is 0 Å². The van der Waals surface area contributed by atoms with Crippen molar-refractivity contribution in [1.82, 2.24) is 0 Å². The van der Waals surface area contributed by atoms with Gasteiger partial charge in [0.1, 0.15) is 17.5 Å². The molecule has 0 aliphatic heterocycles. The van der Waals surface area contributed by atoms with E-state index in [0.29, 0.717) is 5.56 Å². The fourth-order valence-corrected chi connectivity index (χ4v) is 1.77. The third-order valence-electron chi connectivity index (χ3n) is 2.82. The van der Waals surface area contributed by atoms with Crippen molar-refractivity contribution in [2.24, 2.45) is 5.92 Å². The summed E-state index contributed by atoms with van der Waals surface area (Å²) in [6.07, 6.45) is 0.279. The second-order valence-corrected chi connectivity index (χ2v) is 4.46. The van der Waals surface area contributed by atoms with Crippen molar-refractivity contribution in [3.05, 3.63) is 29.8 Å². The molecule has 0 spiro atoms. The van der Waals surface area contributed by atoms with Gasteiger partial charge in [0.2, 0.25) is 0 Å². The molecule has 5 heteroatoms. The SMILES string of the molecule is CCOC(=O)C(CCC(C)=O)C(=O)c1ccc(O)cc1. The van der Waals surface area contributed by atoms with E-state index < -0.39 is 17.7 Å². The summed E-state index contributed by atoms with van der Waals surface area (Å²) < 4.78 is 4.88. The van der Waals surface area contributed by atoms with Gasteiger partial charge in [-0.2, -0.15) is 0 Å². The number of phenolic OH excluding ortho intramolecular Hbond substituents is 1. The molecule has 5 nitrogen and oxygen atoms in total. The van der Waals surface area contributed by atoms with Crippen molar-refractivity contribution < 1.29 is 24.2 Å². The number of carbonyl (C=O) groups excluding carboxylic acids is 3. The minimum Gasteiger partial charge on any atom is -0.508 e. The van der Waals surface area contributed by atoms with E-state index in [1.54, 1.807) is 6.92 Å². The van der Waals surface area contributed by atoms with Gasteiger partial charge >= 0.3 is 5.97 Å². The van der Waals surface area contributed by atoms with Crippen LogP contribution in [0.25, 0.3) is 0 Å². The Morgan fingerprint density at radius 1 is 1.20 bits per heavy atom. The smallest absolute Gasteiger partial charge is 0.316 e. The molecule has 1 N–H and O–H groups in total. The second kappa shape index (κ2) is 7.43.